The van der Waals surface area contributed by atoms with Crippen LogP contribution in [0.1, 0.15) is 19.8 Å². The number of carbonyl (C=O) groups excluding carboxylic acids is 2. The average Bonchev–Trinajstić information content (AvgIpc) is 2.51. The largest absolute Gasteiger partial charge is 0.480 e. The molecule has 144 valence electrons. The number of Topliss-reactive ketones (excluding diaryl/α,β-unsaturated/α-hetero) is 1. The first-order chi connectivity index (χ1) is 11.5. The minimum absolute atomic E-state index is 0.510. The van der Waals surface area contributed by atoms with Gasteiger partial charge in [0.05, 0.1) is 19.8 Å². The Hall–Kier alpha value is -2.12. The van der Waals surface area contributed by atoms with Gasteiger partial charge in [0.25, 0.3) is 0 Å². The zero-order valence-electron chi connectivity index (χ0n) is 13.6. The van der Waals surface area contributed by atoms with Gasteiger partial charge in [-0.15, -0.1) is 0 Å². The highest BCUT2D eigenvalue weighted by atomic mass is 16.4. The summed E-state index contributed by atoms with van der Waals surface area (Å²) in [5, 5.41) is 47.4. The van der Waals surface area contributed by atoms with Gasteiger partial charge in [-0.05, 0) is 13.3 Å². The number of ketones is 1. The Morgan fingerprint density at radius 3 is 1.80 bits per heavy atom. The molecule has 0 aliphatic rings. The third kappa shape index (κ3) is 5.44. The number of hydrazine groups is 1. The van der Waals surface area contributed by atoms with Crippen molar-refractivity contribution in [2.45, 2.75) is 30.8 Å². The van der Waals surface area contributed by atoms with Gasteiger partial charge in [0.2, 0.25) is 5.91 Å². The summed E-state index contributed by atoms with van der Waals surface area (Å²) in [5.74, 6) is -5.08. The Kier molecular flexibility index (Phi) is 8.59. The molecule has 0 saturated carbocycles. The highest BCUT2D eigenvalue weighted by molar-refractivity contribution is 6.07. The van der Waals surface area contributed by atoms with Gasteiger partial charge in [0.15, 0.2) is 11.3 Å². The van der Waals surface area contributed by atoms with Crippen LogP contribution in [0.5, 0.6) is 0 Å². The fourth-order valence-corrected chi connectivity index (χ4v) is 2.02. The Morgan fingerprint density at radius 1 is 1.04 bits per heavy atom. The molecule has 0 radical (unpaired) electrons. The molecule has 1 atom stereocenters. The lowest BCUT2D eigenvalue weighted by molar-refractivity contribution is -0.165. The molecule has 0 aromatic rings. The molecule has 0 bridgehead atoms. The monoisotopic (exact) mass is 365 g/mol. The normalized spacial score (nSPS) is 14.1. The van der Waals surface area contributed by atoms with Crippen molar-refractivity contribution in [3.05, 3.63) is 0 Å². The lowest BCUT2D eigenvalue weighted by Gasteiger charge is -2.43. The van der Waals surface area contributed by atoms with E-state index in [1.165, 1.54) is 0 Å². The molecule has 0 fully saturated rings. The SMILES string of the molecule is CC(=O)[C@@](CCC(N)=O)(NN(CC(=O)O)C(CO)(CO)CO)C(=O)O. The average molecular weight is 365 g/mol. The zero-order chi connectivity index (χ0) is 19.8. The van der Waals surface area contributed by atoms with Crippen molar-refractivity contribution in [1.29, 1.82) is 0 Å². The van der Waals surface area contributed by atoms with Crippen LogP contribution in [0, 0.1) is 0 Å². The van der Waals surface area contributed by atoms with Gasteiger partial charge < -0.3 is 31.3 Å². The molecular weight excluding hydrogens is 342 g/mol. The summed E-state index contributed by atoms with van der Waals surface area (Å²) in [4.78, 5) is 45.7. The van der Waals surface area contributed by atoms with Crippen LogP contribution in [0.15, 0.2) is 0 Å². The summed E-state index contributed by atoms with van der Waals surface area (Å²) in [5.41, 5.74) is 2.71. The highest BCUT2D eigenvalue weighted by Gasteiger charge is 2.49. The number of carboxylic acids is 2. The first-order valence-corrected chi connectivity index (χ1v) is 7.14. The summed E-state index contributed by atoms with van der Waals surface area (Å²) in [7, 11) is 0. The molecule has 12 nitrogen and oxygen atoms in total. The molecule has 0 heterocycles. The molecule has 0 aliphatic carbocycles. The predicted molar refractivity (Wildman–Crippen MR) is 80.9 cm³/mol. The van der Waals surface area contributed by atoms with Crippen LogP contribution in [0.4, 0.5) is 0 Å². The number of nitrogens with zero attached hydrogens (tertiary/aromatic N) is 1. The van der Waals surface area contributed by atoms with Crippen LogP contribution < -0.4 is 11.2 Å². The van der Waals surface area contributed by atoms with Crippen LogP contribution in [0.2, 0.25) is 0 Å². The fraction of sp³-hybridized carbons (Fsp3) is 0.692. The molecule has 25 heavy (non-hydrogen) atoms. The van der Waals surface area contributed by atoms with Gasteiger partial charge in [0.1, 0.15) is 12.1 Å². The van der Waals surface area contributed by atoms with E-state index in [2.05, 4.69) is 5.43 Å². The van der Waals surface area contributed by atoms with E-state index >= 15 is 0 Å². The lowest BCUT2D eigenvalue weighted by Crippen LogP contribution is -2.72. The van der Waals surface area contributed by atoms with Crippen LogP contribution in [-0.4, -0.2) is 91.6 Å². The third-order valence-electron chi connectivity index (χ3n) is 3.79. The maximum atomic E-state index is 12.0. The Balaban J connectivity index is 6.04. The Labute approximate surface area is 142 Å². The number of hydrogen-bond donors (Lipinski definition) is 7. The number of aliphatic hydroxyl groups excluding tert-OH is 3. The number of aliphatic carboxylic acids is 2. The predicted octanol–water partition coefficient (Wildman–Crippen LogP) is -3.73. The summed E-state index contributed by atoms with van der Waals surface area (Å²) in [6.45, 7) is -2.93. The van der Waals surface area contributed by atoms with Crippen molar-refractivity contribution >= 4 is 23.6 Å². The Morgan fingerprint density at radius 2 is 1.52 bits per heavy atom. The van der Waals surface area contributed by atoms with E-state index in [1.807, 2.05) is 0 Å². The topological polar surface area (TPSA) is 211 Å². The number of carboxylic acid groups (broad SMARTS) is 2. The van der Waals surface area contributed by atoms with Crippen LogP contribution >= 0.6 is 0 Å². The van der Waals surface area contributed by atoms with Crippen molar-refractivity contribution < 1.29 is 44.7 Å². The number of rotatable bonds is 13. The molecule has 0 saturated heterocycles. The first-order valence-electron chi connectivity index (χ1n) is 7.14. The summed E-state index contributed by atoms with van der Waals surface area (Å²) >= 11 is 0. The minimum atomic E-state index is -2.45. The molecule has 0 unspecified atom stereocenters. The van der Waals surface area contributed by atoms with Gasteiger partial charge in [-0.1, -0.05) is 0 Å². The third-order valence-corrected chi connectivity index (χ3v) is 3.79. The van der Waals surface area contributed by atoms with Crippen molar-refractivity contribution in [2.24, 2.45) is 5.73 Å². The van der Waals surface area contributed by atoms with E-state index < -0.39 is 73.9 Å². The number of carbonyl (C=O) groups is 4. The second-order valence-electron chi connectivity index (χ2n) is 5.52. The van der Waals surface area contributed by atoms with E-state index in [4.69, 9.17) is 10.8 Å². The molecular formula is C13H23N3O9. The van der Waals surface area contributed by atoms with Gasteiger partial charge >= 0.3 is 11.9 Å². The van der Waals surface area contributed by atoms with E-state index in [1.54, 1.807) is 0 Å². The fourth-order valence-electron chi connectivity index (χ4n) is 2.02. The smallest absolute Gasteiger partial charge is 0.332 e. The summed E-state index contributed by atoms with van der Waals surface area (Å²) < 4.78 is 0. The van der Waals surface area contributed by atoms with E-state index in [-0.39, 0.29) is 0 Å². The Bertz CT molecular complexity index is 497. The molecule has 0 rings (SSSR count). The van der Waals surface area contributed by atoms with Gasteiger partial charge in [0, 0.05) is 6.42 Å². The van der Waals surface area contributed by atoms with Crippen molar-refractivity contribution in [3.8, 4) is 0 Å². The van der Waals surface area contributed by atoms with Gasteiger partial charge in [-0.2, -0.15) is 0 Å². The highest BCUT2D eigenvalue weighted by Crippen LogP contribution is 2.21. The molecule has 8 N–H and O–H groups in total. The lowest BCUT2D eigenvalue weighted by atomic mass is 9.89. The molecule has 0 spiro atoms. The number of aliphatic hydroxyl groups is 3. The zero-order valence-corrected chi connectivity index (χ0v) is 13.6. The van der Waals surface area contributed by atoms with Crippen molar-refractivity contribution in [3.63, 3.8) is 0 Å². The van der Waals surface area contributed by atoms with Crippen LogP contribution in [0.25, 0.3) is 0 Å². The summed E-state index contributed by atoms with van der Waals surface area (Å²) in [6, 6.07) is 0. The van der Waals surface area contributed by atoms with E-state index in [9.17, 15) is 39.6 Å². The number of primary amides is 1. The van der Waals surface area contributed by atoms with Crippen molar-refractivity contribution in [2.75, 3.05) is 26.4 Å². The molecule has 1 amide bonds. The number of amides is 1. The molecule has 12 heteroatoms. The van der Waals surface area contributed by atoms with Crippen molar-refractivity contribution in [1.82, 2.24) is 10.4 Å². The quantitative estimate of drug-likeness (QED) is 0.124. The maximum absolute atomic E-state index is 12.0. The number of hydrogen-bond acceptors (Lipinski definition) is 9. The molecule has 0 aromatic carbocycles. The van der Waals surface area contributed by atoms with E-state index in [0.29, 0.717) is 5.01 Å². The summed E-state index contributed by atoms with van der Waals surface area (Å²) in [6.07, 6.45) is -1.12. The molecule has 0 aromatic heterocycles. The standard InChI is InChI=1S/C13H23N3O9/c1-8(20)13(11(24)25,3-2-9(14)21)15-16(4-10(22)23)12(5-17,6-18)7-19/h15,17-19H,2-7H2,1H3,(H2,14,21)(H,22,23)(H,24,25)/t13-/m1/s1. The molecule has 0 aliphatic heterocycles. The minimum Gasteiger partial charge on any atom is -0.480 e. The van der Waals surface area contributed by atoms with Gasteiger partial charge in [-0.25, -0.2) is 15.2 Å². The first kappa shape index (κ1) is 22.9. The second kappa shape index (κ2) is 9.39. The van der Waals surface area contributed by atoms with Gasteiger partial charge in [-0.3, -0.25) is 14.4 Å². The van der Waals surface area contributed by atoms with E-state index in [0.717, 1.165) is 6.92 Å². The number of nitrogens with two attached hydrogens (primary N) is 1. The second-order valence-corrected chi connectivity index (χ2v) is 5.52. The van der Waals surface area contributed by atoms with Crippen LogP contribution in [-0.2, 0) is 19.2 Å². The number of nitrogens with one attached hydrogen (secondary N) is 1. The maximum Gasteiger partial charge on any atom is 0.332 e. The van der Waals surface area contributed by atoms with Crippen LogP contribution in [0.3, 0.4) is 0 Å².